The number of hydrogen-bond donors (Lipinski definition) is 1. The third-order valence-electron chi connectivity index (χ3n) is 4.24. The highest BCUT2D eigenvalue weighted by Gasteiger charge is 2.39. The average Bonchev–Trinajstić information content (AvgIpc) is 2.98. The molecule has 1 aromatic heterocycles. The molecule has 1 unspecified atom stereocenters. The third kappa shape index (κ3) is 3.37. The molecule has 0 saturated heterocycles. The van der Waals surface area contributed by atoms with Gasteiger partial charge in [-0.3, -0.25) is 0 Å². The summed E-state index contributed by atoms with van der Waals surface area (Å²) < 4.78 is 46.2. The van der Waals surface area contributed by atoms with Gasteiger partial charge in [0.25, 0.3) is 0 Å². The van der Waals surface area contributed by atoms with Crippen molar-refractivity contribution >= 4 is 10.9 Å². The molecule has 26 heavy (non-hydrogen) atoms. The number of benzene rings is 2. The van der Waals surface area contributed by atoms with Gasteiger partial charge in [0.1, 0.15) is 11.8 Å². The molecule has 134 valence electrons. The molecule has 0 bridgehead atoms. The maximum Gasteiger partial charge on any atom is 0.407 e. The van der Waals surface area contributed by atoms with Crippen molar-refractivity contribution in [1.82, 2.24) is 4.57 Å². The first-order valence-corrected chi connectivity index (χ1v) is 7.81. The molecular weight excluding hydrogens is 343 g/mol. The van der Waals surface area contributed by atoms with Gasteiger partial charge in [-0.25, -0.2) is 0 Å². The minimum atomic E-state index is -4.55. The molecule has 0 aliphatic rings. The molecular formula is C19H16F3N3O. The molecule has 0 spiro atoms. The Kier molecular flexibility index (Phi) is 4.62. The van der Waals surface area contributed by atoms with E-state index in [0.29, 0.717) is 28.8 Å². The summed E-state index contributed by atoms with van der Waals surface area (Å²) >= 11 is 0. The Morgan fingerprint density at radius 3 is 2.46 bits per heavy atom. The van der Waals surface area contributed by atoms with Crippen LogP contribution in [0.1, 0.15) is 22.7 Å². The quantitative estimate of drug-likeness (QED) is 0.762. The van der Waals surface area contributed by atoms with Crippen LogP contribution in [0.5, 0.6) is 5.75 Å². The molecule has 0 amide bonds. The number of alkyl halides is 3. The number of fused-ring (bicyclic) bond motifs is 1. The van der Waals surface area contributed by atoms with E-state index in [4.69, 9.17) is 15.7 Å². The fraction of sp³-hybridized carbons (Fsp3) is 0.211. The summed E-state index contributed by atoms with van der Waals surface area (Å²) in [6, 6.07) is 11.7. The van der Waals surface area contributed by atoms with Crippen molar-refractivity contribution in [3.8, 4) is 11.8 Å². The number of nitrogens with two attached hydrogens (primary N) is 1. The first-order valence-electron chi connectivity index (χ1n) is 7.81. The summed E-state index contributed by atoms with van der Waals surface area (Å²) in [5.41, 5.74) is 7.22. The lowest BCUT2D eigenvalue weighted by Gasteiger charge is -2.14. The Bertz CT molecular complexity index is 969. The predicted molar refractivity (Wildman–Crippen MR) is 91.7 cm³/mol. The summed E-state index contributed by atoms with van der Waals surface area (Å²) in [5, 5.41) is 9.49. The van der Waals surface area contributed by atoms with Crippen molar-refractivity contribution in [3.05, 3.63) is 65.4 Å². The van der Waals surface area contributed by atoms with E-state index < -0.39 is 12.2 Å². The highest BCUT2D eigenvalue weighted by Crippen LogP contribution is 2.36. The minimum Gasteiger partial charge on any atom is -0.497 e. The van der Waals surface area contributed by atoms with E-state index in [2.05, 4.69) is 0 Å². The molecule has 3 rings (SSSR count). The van der Waals surface area contributed by atoms with Gasteiger partial charge in [0.05, 0.1) is 18.7 Å². The SMILES string of the molecule is COc1ccc(Cn2cc(C(N)C(F)(F)F)c3ccc(C#N)cc32)cc1. The molecule has 1 heterocycles. The first-order chi connectivity index (χ1) is 12.3. The fourth-order valence-corrected chi connectivity index (χ4v) is 2.87. The van der Waals surface area contributed by atoms with Crippen molar-refractivity contribution in [3.63, 3.8) is 0 Å². The molecule has 2 N–H and O–H groups in total. The smallest absolute Gasteiger partial charge is 0.407 e. The van der Waals surface area contributed by atoms with Crippen molar-refractivity contribution in [2.75, 3.05) is 7.11 Å². The number of nitrogens with zero attached hydrogens (tertiary/aromatic N) is 2. The summed E-state index contributed by atoms with van der Waals surface area (Å²) in [4.78, 5) is 0. The number of ether oxygens (including phenoxy) is 1. The molecule has 0 saturated carbocycles. The molecule has 1 atom stereocenters. The largest absolute Gasteiger partial charge is 0.497 e. The summed E-state index contributed by atoms with van der Waals surface area (Å²) in [5.74, 6) is 0.692. The van der Waals surface area contributed by atoms with Crippen LogP contribution in [0, 0.1) is 11.3 Å². The normalized spacial score (nSPS) is 12.8. The number of rotatable bonds is 4. The molecule has 2 aromatic carbocycles. The van der Waals surface area contributed by atoms with Crippen LogP contribution >= 0.6 is 0 Å². The van der Waals surface area contributed by atoms with Gasteiger partial charge >= 0.3 is 6.18 Å². The molecule has 7 heteroatoms. The van der Waals surface area contributed by atoms with Gasteiger partial charge < -0.3 is 15.0 Å². The fourth-order valence-electron chi connectivity index (χ4n) is 2.87. The van der Waals surface area contributed by atoms with E-state index in [0.717, 1.165) is 5.56 Å². The highest BCUT2D eigenvalue weighted by molar-refractivity contribution is 5.86. The minimum absolute atomic E-state index is 0.00879. The van der Waals surface area contributed by atoms with Crippen LogP contribution in [0.3, 0.4) is 0 Å². The maximum absolute atomic E-state index is 13.1. The average molecular weight is 359 g/mol. The van der Waals surface area contributed by atoms with E-state index in [9.17, 15) is 13.2 Å². The standard InChI is InChI=1S/C19H16F3N3O/c1-26-14-5-2-12(3-6-14)10-25-11-16(18(24)19(20,21)22)15-7-4-13(9-23)8-17(15)25/h2-8,11,18H,10,24H2,1H3. The van der Waals surface area contributed by atoms with Crippen LogP contribution in [0.15, 0.2) is 48.7 Å². The van der Waals surface area contributed by atoms with Gasteiger partial charge in [-0.2, -0.15) is 18.4 Å². The van der Waals surface area contributed by atoms with Crippen molar-refractivity contribution in [1.29, 1.82) is 5.26 Å². The van der Waals surface area contributed by atoms with Crippen molar-refractivity contribution < 1.29 is 17.9 Å². The van der Waals surface area contributed by atoms with Crippen LogP contribution in [0.4, 0.5) is 13.2 Å². The lowest BCUT2D eigenvalue weighted by atomic mass is 10.1. The van der Waals surface area contributed by atoms with Crippen LogP contribution in [0.2, 0.25) is 0 Å². The Labute approximate surface area is 148 Å². The van der Waals surface area contributed by atoms with Gasteiger partial charge in [-0.05, 0) is 29.8 Å². The molecule has 0 aliphatic heterocycles. The number of nitriles is 1. The van der Waals surface area contributed by atoms with Gasteiger partial charge in [0.15, 0.2) is 0 Å². The van der Waals surface area contributed by atoms with E-state index in [1.54, 1.807) is 29.9 Å². The van der Waals surface area contributed by atoms with Crippen molar-refractivity contribution in [2.24, 2.45) is 5.73 Å². The van der Waals surface area contributed by atoms with Crippen LogP contribution in [0.25, 0.3) is 10.9 Å². The van der Waals surface area contributed by atoms with Gasteiger partial charge in [0, 0.05) is 29.2 Å². The zero-order valence-corrected chi connectivity index (χ0v) is 13.9. The molecule has 0 radical (unpaired) electrons. The van der Waals surface area contributed by atoms with Crippen LogP contribution < -0.4 is 10.5 Å². The molecule has 4 nitrogen and oxygen atoms in total. The topological polar surface area (TPSA) is 64.0 Å². The van der Waals surface area contributed by atoms with Gasteiger partial charge in [-0.1, -0.05) is 18.2 Å². The van der Waals surface area contributed by atoms with Crippen LogP contribution in [-0.2, 0) is 6.54 Å². The van der Waals surface area contributed by atoms with E-state index in [-0.39, 0.29) is 5.56 Å². The summed E-state index contributed by atoms with van der Waals surface area (Å²) in [7, 11) is 1.56. The summed E-state index contributed by atoms with van der Waals surface area (Å²) in [6.07, 6.45) is -3.14. The van der Waals surface area contributed by atoms with Crippen molar-refractivity contribution in [2.45, 2.75) is 18.8 Å². The molecule has 3 aromatic rings. The second-order valence-corrected chi connectivity index (χ2v) is 5.92. The number of hydrogen-bond acceptors (Lipinski definition) is 3. The van der Waals surface area contributed by atoms with E-state index in [1.165, 1.54) is 18.3 Å². The maximum atomic E-state index is 13.1. The Hall–Kier alpha value is -2.98. The first kappa shape index (κ1) is 17.8. The lowest BCUT2D eigenvalue weighted by Crippen LogP contribution is -2.28. The second-order valence-electron chi connectivity index (χ2n) is 5.92. The molecule has 0 aliphatic carbocycles. The predicted octanol–water partition coefficient (Wildman–Crippen LogP) is 4.13. The number of halogens is 3. The zero-order valence-electron chi connectivity index (χ0n) is 13.9. The van der Waals surface area contributed by atoms with Gasteiger partial charge in [-0.15, -0.1) is 0 Å². The lowest BCUT2D eigenvalue weighted by molar-refractivity contribution is -0.148. The molecule has 0 fully saturated rings. The zero-order chi connectivity index (χ0) is 18.9. The van der Waals surface area contributed by atoms with E-state index >= 15 is 0 Å². The number of aromatic nitrogens is 1. The monoisotopic (exact) mass is 359 g/mol. The highest BCUT2D eigenvalue weighted by atomic mass is 19.4. The Morgan fingerprint density at radius 2 is 1.88 bits per heavy atom. The van der Waals surface area contributed by atoms with Gasteiger partial charge in [0.2, 0.25) is 0 Å². The Morgan fingerprint density at radius 1 is 1.19 bits per heavy atom. The Balaban J connectivity index is 2.09. The van der Waals surface area contributed by atoms with Crippen LogP contribution in [-0.4, -0.2) is 17.9 Å². The third-order valence-corrected chi connectivity index (χ3v) is 4.24. The second kappa shape index (κ2) is 6.73. The summed E-state index contributed by atoms with van der Waals surface area (Å²) in [6.45, 7) is 0.347. The number of methoxy groups -OCH3 is 1. The van der Waals surface area contributed by atoms with E-state index in [1.807, 2.05) is 18.2 Å².